The Morgan fingerprint density at radius 2 is 2.00 bits per heavy atom. The Kier molecular flexibility index (Phi) is 3.80. The van der Waals surface area contributed by atoms with Crippen LogP contribution >= 0.6 is 0 Å². The smallest absolute Gasteiger partial charge is 0.335 e. The van der Waals surface area contributed by atoms with E-state index in [1.165, 1.54) is 12.1 Å². The van der Waals surface area contributed by atoms with Gasteiger partial charge in [0.25, 0.3) is 0 Å². The third kappa shape index (κ3) is 3.65. The van der Waals surface area contributed by atoms with Gasteiger partial charge in [-0.05, 0) is 32.0 Å². The number of carbonyl (C=O) groups is 2. The van der Waals surface area contributed by atoms with Crippen molar-refractivity contribution in [2.24, 2.45) is 5.73 Å². The summed E-state index contributed by atoms with van der Waals surface area (Å²) in [6.45, 7) is 3.62. The molecule has 0 saturated heterocycles. The molecule has 98 valence electrons. The molecule has 0 spiro atoms. The largest absolute Gasteiger partial charge is 0.478 e. The molecule has 0 bridgehead atoms. The molecule has 0 aliphatic carbocycles. The van der Waals surface area contributed by atoms with Crippen LogP contribution in [0.5, 0.6) is 0 Å². The maximum Gasteiger partial charge on any atom is 0.335 e. The third-order valence-corrected chi connectivity index (χ3v) is 2.39. The van der Waals surface area contributed by atoms with Gasteiger partial charge in [0.2, 0.25) is 5.91 Å². The SMILES string of the molecule is CC(C)(CC(N)=O)Nc1ccc(C(=O)O)cc1N. The zero-order valence-electron chi connectivity index (χ0n) is 10.4. The molecule has 0 radical (unpaired) electrons. The first-order valence-electron chi connectivity index (χ1n) is 5.40. The summed E-state index contributed by atoms with van der Waals surface area (Å²) in [5, 5.41) is 11.9. The first-order valence-corrected chi connectivity index (χ1v) is 5.40. The van der Waals surface area contributed by atoms with Crippen LogP contribution in [0.3, 0.4) is 0 Å². The average molecular weight is 251 g/mol. The summed E-state index contributed by atoms with van der Waals surface area (Å²) in [7, 11) is 0. The molecule has 6 heteroatoms. The standard InChI is InChI=1S/C12H17N3O3/c1-12(2,6-10(14)16)15-9-4-3-7(11(17)18)5-8(9)13/h3-5,15H,6,13H2,1-2H3,(H2,14,16)(H,17,18). The average Bonchev–Trinajstić information content (AvgIpc) is 2.18. The molecular formula is C12H17N3O3. The zero-order chi connectivity index (χ0) is 13.9. The van der Waals surface area contributed by atoms with Gasteiger partial charge in [-0.1, -0.05) is 0 Å². The number of carboxylic acids is 1. The highest BCUT2D eigenvalue weighted by Gasteiger charge is 2.21. The van der Waals surface area contributed by atoms with Crippen molar-refractivity contribution in [2.45, 2.75) is 25.8 Å². The van der Waals surface area contributed by atoms with Crippen molar-refractivity contribution in [2.75, 3.05) is 11.1 Å². The van der Waals surface area contributed by atoms with Gasteiger partial charge in [0.1, 0.15) is 0 Å². The Labute approximate surface area is 105 Å². The molecule has 0 fully saturated rings. The lowest BCUT2D eigenvalue weighted by Crippen LogP contribution is -2.36. The number of hydrogen-bond donors (Lipinski definition) is 4. The fourth-order valence-electron chi connectivity index (χ4n) is 1.65. The number of benzene rings is 1. The molecule has 0 unspecified atom stereocenters. The van der Waals surface area contributed by atoms with Crippen molar-refractivity contribution in [1.82, 2.24) is 0 Å². The van der Waals surface area contributed by atoms with Crippen LogP contribution in [0.1, 0.15) is 30.6 Å². The molecule has 0 aromatic heterocycles. The van der Waals surface area contributed by atoms with Crippen LogP contribution in [-0.2, 0) is 4.79 Å². The van der Waals surface area contributed by atoms with Gasteiger partial charge in [-0.3, -0.25) is 4.79 Å². The molecule has 0 heterocycles. The number of primary amides is 1. The Morgan fingerprint density at radius 1 is 1.39 bits per heavy atom. The molecule has 1 aromatic carbocycles. The number of nitrogen functional groups attached to an aromatic ring is 1. The molecule has 18 heavy (non-hydrogen) atoms. The molecule has 6 nitrogen and oxygen atoms in total. The molecule has 0 aliphatic rings. The van der Waals surface area contributed by atoms with E-state index in [1.54, 1.807) is 6.07 Å². The van der Waals surface area contributed by atoms with E-state index in [0.717, 1.165) is 0 Å². The van der Waals surface area contributed by atoms with Gasteiger partial charge < -0.3 is 21.9 Å². The van der Waals surface area contributed by atoms with Gasteiger partial charge >= 0.3 is 5.97 Å². The fraction of sp³-hybridized carbons (Fsp3) is 0.333. The van der Waals surface area contributed by atoms with Gasteiger partial charge in [-0.25, -0.2) is 4.79 Å². The van der Waals surface area contributed by atoms with Crippen LogP contribution in [0.25, 0.3) is 0 Å². The molecule has 0 saturated carbocycles. The number of aromatic carboxylic acids is 1. The first-order chi connectivity index (χ1) is 8.21. The van der Waals surface area contributed by atoms with Crippen LogP contribution in [0, 0.1) is 0 Å². The third-order valence-electron chi connectivity index (χ3n) is 2.39. The molecule has 6 N–H and O–H groups in total. The van der Waals surface area contributed by atoms with Crippen molar-refractivity contribution in [1.29, 1.82) is 0 Å². The highest BCUT2D eigenvalue weighted by Crippen LogP contribution is 2.25. The van der Waals surface area contributed by atoms with E-state index < -0.39 is 17.4 Å². The Hall–Kier alpha value is -2.24. The summed E-state index contributed by atoms with van der Waals surface area (Å²) in [5.41, 5.74) is 11.4. The molecule has 0 atom stereocenters. The van der Waals surface area contributed by atoms with Crippen molar-refractivity contribution < 1.29 is 14.7 Å². The van der Waals surface area contributed by atoms with E-state index in [2.05, 4.69) is 5.32 Å². The van der Waals surface area contributed by atoms with Crippen LogP contribution < -0.4 is 16.8 Å². The minimum Gasteiger partial charge on any atom is -0.478 e. The predicted octanol–water partition coefficient (Wildman–Crippen LogP) is 1.03. The van der Waals surface area contributed by atoms with Crippen molar-refractivity contribution in [3.05, 3.63) is 23.8 Å². The van der Waals surface area contributed by atoms with E-state index in [0.29, 0.717) is 11.4 Å². The second-order valence-electron chi connectivity index (χ2n) is 4.76. The van der Waals surface area contributed by atoms with Gasteiger partial charge in [0.15, 0.2) is 0 Å². The summed E-state index contributed by atoms with van der Waals surface area (Å²) >= 11 is 0. The van der Waals surface area contributed by atoms with E-state index in [9.17, 15) is 9.59 Å². The normalized spacial score (nSPS) is 11.0. The van der Waals surface area contributed by atoms with Crippen LogP contribution in [-0.4, -0.2) is 22.5 Å². The summed E-state index contributed by atoms with van der Waals surface area (Å²) in [6.07, 6.45) is 0.146. The number of rotatable bonds is 5. The Bertz CT molecular complexity index is 483. The quantitative estimate of drug-likeness (QED) is 0.583. The minimum absolute atomic E-state index is 0.116. The zero-order valence-corrected chi connectivity index (χ0v) is 10.4. The second-order valence-corrected chi connectivity index (χ2v) is 4.76. The first kappa shape index (κ1) is 13.8. The summed E-state index contributed by atoms with van der Waals surface area (Å²) in [5.74, 6) is -1.46. The number of amides is 1. The number of carboxylic acid groups (broad SMARTS) is 1. The number of carbonyl (C=O) groups excluding carboxylic acids is 1. The molecule has 0 aliphatic heterocycles. The summed E-state index contributed by atoms with van der Waals surface area (Å²) in [4.78, 5) is 21.7. The topological polar surface area (TPSA) is 118 Å². The lowest BCUT2D eigenvalue weighted by Gasteiger charge is -2.27. The summed E-state index contributed by atoms with van der Waals surface area (Å²) in [6, 6.07) is 4.38. The van der Waals surface area contributed by atoms with Gasteiger partial charge in [0.05, 0.1) is 16.9 Å². The van der Waals surface area contributed by atoms with E-state index in [4.69, 9.17) is 16.6 Å². The molecule has 1 amide bonds. The summed E-state index contributed by atoms with van der Waals surface area (Å²) < 4.78 is 0. The highest BCUT2D eigenvalue weighted by atomic mass is 16.4. The number of anilines is 2. The van der Waals surface area contributed by atoms with Gasteiger partial charge in [-0.2, -0.15) is 0 Å². The fourth-order valence-corrected chi connectivity index (χ4v) is 1.65. The Balaban J connectivity index is 2.92. The van der Waals surface area contributed by atoms with Crippen LogP contribution in [0.2, 0.25) is 0 Å². The molecular weight excluding hydrogens is 234 g/mol. The molecule has 1 rings (SSSR count). The van der Waals surface area contributed by atoms with Gasteiger partial charge in [0, 0.05) is 12.0 Å². The van der Waals surface area contributed by atoms with Crippen molar-refractivity contribution >= 4 is 23.3 Å². The Morgan fingerprint density at radius 3 is 2.44 bits per heavy atom. The van der Waals surface area contributed by atoms with E-state index in [-0.39, 0.29) is 12.0 Å². The lowest BCUT2D eigenvalue weighted by molar-refractivity contribution is -0.118. The maximum atomic E-state index is 10.9. The second kappa shape index (κ2) is 4.95. The number of nitrogens with two attached hydrogens (primary N) is 2. The number of hydrogen-bond acceptors (Lipinski definition) is 4. The van der Waals surface area contributed by atoms with Crippen molar-refractivity contribution in [3.63, 3.8) is 0 Å². The number of nitrogens with one attached hydrogen (secondary N) is 1. The highest BCUT2D eigenvalue weighted by molar-refractivity contribution is 5.90. The minimum atomic E-state index is -1.04. The van der Waals surface area contributed by atoms with Gasteiger partial charge in [-0.15, -0.1) is 0 Å². The van der Waals surface area contributed by atoms with E-state index in [1.807, 2.05) is 13.8 Å². The monoisotopic (exact) mass is 251 g/mol. The van der Waals surface area contributed by atoms with Crippen LogP contribution in [0.4, 0.5) is 11.4 Å². The maximum absolute atomic E-state index is 10.9. The molecule has 1 aromatic rings. The van der Waals surface area contributed by atoms with E-state index >= 15 is 0 Å². The predicted molar refractivity (Wildman–Crippen MR) is 69.3 cm³/mol. The lowest BCUT2D eigenvalue weighted by atomic mass is 9.99. The van der Waals surface area contributed by atoms with Crippen LogP contribution in [0.15, 0.2) is 18.2 Å². The van der Waals surface area contributed by atoms with Crippen molar-refractivity contribution in [3.8, 4) is 0 Å².